The molecule has 0 aromatic heterocycles. The first-order valence-corrected chi connectivity index (χ1v) is 7.63. The minimum Gasteiger partial charge on any atom is -0.444 e. The van der Waals surface area contributed by atoms with Crippen LogP contribution in [0.4, 0.5) is 10.5 Å². The number of benzene rings is 1. The molecular formula is C15H21BrN2O2. The Kier molecular flexibility index (Phi) is 4.58. The van der Waals surface area contributed by atoms with Gasteiger partial charge in [-0.3, -0.25) is 0 Å². The summed E-state index contributed by atoms with van der Waals surface area (Å²) in [6.45, 7) is 7.19. The fourth-order valence-corrected chi connectivity index (χ4v) is 2.45. The second kappa shape index (κ2) is 6.04. The van der Waals surface area contributed by atoms with Crippen molar-refractivity contribution in [3.63, 3.8) is 0 Å². The topological polar surface area (TPSA) is 41.6 Å². The summed E-state index contributed by atoms with van der Waals surface area (Å²) < 4.78 is 6.44. The van der Waals surface area contributed by atoms with Gasteiger partial charge in [0.2, 0.25) is 0 Å². The Balaban J connectivity index is 1.84. The molecule has 1 aromatic carbocycles. The Morgan fingerprint density at radius 2 is 2.25 bits per heavy atom. The standard InChI is InChI=1S/C15H21BrN2O2/c1-15(2,3)20-14(19)18-8-7-13(18)10-17-12-6-4-5-11(16)9-12/h4-6,9,13,17H,7-8,10H2,1-3H3. The summed E-state index contributed by atoms with van der Waals surface area (Å²) in [5.41, 5.74) is 0.616. The predicted molar refractivity (Wildman–Crippen MR) is 84.0 cm³/mol. The van der Waals surface area contributed by atoms with Crippen molar-refractivity contribution in [3.8, 4) is 0 Å². The zero-order chi connectivity index (χ0) is 14.8. The van der Waals surface area contributed by atoms with Crippen LogP contribution in [0, 0.1) is 0 Å². The summed E-state index contributed by atoms with van der Waals surface area (Å²) >= 11 is 3.44. The molecular weight excluding hydrogens is 320 g/mol. The summed E-state index contributed by atoms with van der Waals surface area (Å²) in [6.07, 6.45) is 0.796. The van der Waals surface area contributed by atoms with Gasteiger partial charge in [0.25, 0.3) is 0 Å². The molecule has 110 valence electrons. The monoisotopic (exact) mass is 340 g/mol. The molecule has 1 saturated heterocycles. The molecule has 1 atom stereocenters. The van der Waals surface area contributed by atoms with Crippen LogP contribution in [0.2, 0.25) is 0 Å². The van der Waals surface area contributed by atoms with Crippen molar-refractivity contribution in [1.82, 2.24) is 4.90 Å². The number of carbonyl (C=O) groups is 1. The van der Waals surface area contributed by atoms with E-state index >= 15 is 0 Å². The lowest BCUT2D eigenvalue weighted by Gasteiger charge is -2.41. The number of rotatable bonds is 3. The molecule has 4 nitrogen and oxygen atoms in total. The molecule has 1 amide bonds. The average Bonchev–Trinajstić information content (AvgIpc) is 2.24. The number of ether oxygens (including phenoxy) is 1. The predicted octanol–water partition coefficient (Wildman–Crippen LogP) is 3.87. The van der Waals surface area contributed by atoms with E-state index in [0.29, 0.717) is 0 Å². The van der Waals surface area contributed by atoms with Gasteiger partial charge in [0.15, 0.2) is 0 Å². The van der Waals surface area contributed by atoms with Crippen LogP contribution in [0.5, 0.6) is 0 Å². The van der Waals surface area contributed by atoms with Crippen LogP contribution in [-0.4, -0.2) is 35.7 Å². The van der Waals surface area contributed by atoms with E-state index in [1.54, 1.807) is 4.90 Å². The van der Waals surface area contributed by atoms with Crippen molar-refractivity contribution in [3.05, 3.63) is 28.7 Å². The largest absolute Gasteiger partial charge is 0.444 e. The van der Waals surface area contributed by atoms with Gasteiger partial charge in [-0.2, -0.15) is 0 Å². The first kappa shape index (κ1) is 15.2. The molecule has 1 fully saturated rings. The van der Waals surface area contributed by atoms with Crippen LogP contribution in [0.1, 0.15) is 27.2 Å². The fraction of sp³-hybridized carbons (Fsp3) is 0.533. The quantitative estimate of drug-likeness (QED) is 0.907. The molecule has 1 aromatic rings. The third-order valence-corrected chi connectivity index (χ3v) is 3.63. The molecule has 0 aliphatic carbocycles. The van der Waals surface area contributed by atoms with Crippen LogP contribution in [0.3, 0.4) is 0 Å². The SMILES string of the molecule is CC(C)(C)OC(=O)N1CCC1CNc1cccc(Br)c1. The Bertz CT molecular complexity index is 485. The Labute approximate surface area is 128 Å². The first-order chi connectivity index (χ1) is 9.35. The van der Waals surface area contributed by atoms with Crippen LogP contribution >= 0.6 is 15.9 Å². The number of nitrogens with zero attached hydrogens (tertiary/aromatic N) is 1. The lowest BCUT2D eigenvalue weighted by Crippen LogP contribution is -2.55. The van der Waals surface area contributed by atoms with E-state index in [1.165, 1.54) is 0 Å². The molecule has 1 aliphatic rings. The average molecular weight is 341 g/mol. The van der Waals surface area contributed by atoms with Crippen molar-refractivity contribution in [2.75, 3.05) is 18.4 Å². The molecule has 0 radical (unpaired) electrons. The van der Waals surface area contributed by atoms with Crippen molar-refractivity contribution in [2.24, 2.45) is 0 Å². The third kappa shape index (κ3) is 4.13. The number of halogens is 1. The highest BCUT2D eigenvalue weighted by Gasteiger charge is 2.34. The van der Waals surface area contributed by atoms with Gasteiger partial charge in [0.1, 0.15) is 5.60 Å². The van der Waals surface area contributed by atoms with Crippen LogP contribution in [0.15, 0.2) is 28.7 Å². The Morgan fingerprint density at radius 3 is 2.80 bits per heavy atom. The Morgan fingerprint density at radius 1 is 1.50 bits per heavy atom. The Hall–Kier alpha value is -1.23. The van der Waals surface area contributed by atoms with Crippen molar-refractivity contribution in [2.45, 2.75) is 38.8 Å². The zero-order valence-electron chi connectivity index (χ0n) is 12.1. The number of hydrogen-bond acceptors (Lipinski definition) is 3. The smallest absolute Gasteiger partial charge is 0.410 e. The lowest BCUT2D eigenvalue weighted by atomic mass is 10.0. The number of nitrogens with one attached hydrogen (secondary N) is 1. The molecule has 1 unspecified atom stereocenters. The highest BCUT2D eigenvalue weighted by molar-refractivity contribution is 9.10. The summed E-state index contributed by atoms with van der Waals surface area (Å²) in [5.74, 6) is 0. The van der Waals surface area contributed by atoms with Crippen molar-refractivity contribution in [1.29, 1.82) is 0 Å². The van der Waals surface area contributed by atoms with E-state index in [2.05, 4.69) is 21.2 Å². The van der Waals surface area contributed by atoms with Gasteiger partial charge in [-0.15, -0.1) is 0 Å². The highest BCUT2D eigenvalue weighted by atomic mass is 79.9. The minimum atomic E-state index is -0.436. The van der Waals surface area contributed by atoms with Gasteiger partial charge >= 0.3 is 6.09 Å². The molecule has 2 rings (SSSR count). The zero-order valence-corrected chi connectivity index (χ0v) is 13.7. The van der Waals surface area contributed by atoms with E-state index in [-0.39, 0.29) is 12.1 Å². The summed E-state index contributed by atoms with van der Waals surface area (Å²) in [5, 5.41) is 3.36. The van der Waals surface area contributed by atoms with Gasteiger partial charge in [-0.05, 0) is 45.4 Å². The van der Waals surface area contributed by atoms with Gasteiger partial charge < -0.3 is 15.0 Å². The minimum absolute atomic E-state index is 0.212. The normalized spacial score (nSPS) is 18.4. The maximum Gasteiger partial charge on any atom is 0.410 e. The maximum atomic E-state index is 12.0. The lowest BCUT2D eigenvalue weighted by molar-refractivity contribution is -0.00274. The molecule has 1 aliphatic heterocycles. The number of anilines is 1. The highest BCUT2D eigenvalue weighted by Crippen LogP contribution is 2.22. The van der Waals surface area contributed by atoms with E-state index in [1.807, 2.05) is 45.0 Å². The maximum absolute atomic E-state index is 12.0. The van der Waals surface area contributed by atoms with Gasteiger partial charge in [-0.25, -0.2) is 4.79 Å². The fourth-order valence-electron chi connectivity index (χ4n) is 2.05. The van der Waals surface area contributed by atoms with Crippen LogP contribution in [-0.2, 0) is 4.74 Å². The number of hydrogen-bond donors (Lipinski definition) is 1. The van der Waals surface area contributed by atoms with Gasteiger partial charge in [-0.1, -0.05) is 22.0 Å². The van der Waals surface area contributed by atoms with E-state index in [9.17, 15) is 4.79 Å². The van der Waals surface area contributed by atoms with Crippen molar-refractivity contribution >= 4 is 27.7 Å². The summed E-state index contributed by atoms with van der Waals surface area (Å²) in [6, 6.07) is 8.22. The van der Waals surface area contributed by atoms with E-state index in [4.69, 9.17) is 4.74 Å². The molecule has 0 spiro atoms. The van der Waals surface area contributed by atoms with Crippen LogP contribution in [0.25, 0.3) is 0 Å². The first-order valence-electron chi connectivity index (χ1n) is 6.84. The van der Waals surface area contributed by atoms with E-state index < -0.39 is 5.60 Å². The molecule has 5 heteroatoms. The molecule has 0 bridgehead atoms. The van der Waals surface area contributed by atoms with Gasteiger partial charge in [0, 0.05) is 23.2 Å². The second-order valence-corrected chi connectivity index (χ2v) is 6.92. The number of likely N-dealkylation sites (tertiary alicyclic amines) is 1. The van der Waals surface area contributed by atoms with Crippen molar-refractivity contribution < 1.29 is 9.53 Å². The number of amides is 1. The van der Waals surface area contributed by atoms with Gasteiger partial charge in [0.05, 0.1) is 6.04 Å². The third-order valence-electron chi connectivity index (χ3n) is 3.14. The molecule has 20 heavy (non-hydrogen) atoms. The van der Waals surface area contributed by atoms with Crippen LogP contribution < -0.4 is 5.32 Å². The molecule has 1 N–H and O–H groups in total. The molecule has 1 heterocycles. The summed E-state index contributed by atoms with van der Waals surface area (Å²) in [7, 11) is 0. The second-order valence-electron chi connectivity index (χ2n) is 6.01. The van der Waals surface area contributed by atoms with E-state index in [0.717, 1.165) is 29.7 Å². The summed E-state index contributed by atoms with van der Waals surface area (Å²) in [4.78, 5) is 13.8. The molecule has 0 saturated carbocycles. The number of carbonyl (C=O) groups excluding carboxylic acids is 1.